The van der Waals surface area contributed by atoms with E-state index in [0.29, 0.717) is 17.0 Å². The summed E-state index contributed by atoms with van der Waals surface area (Å²) in [7, 11) is -1.59. The van der Waals surface area contributed by atoms with Crippen LogP contribution in [0.15, 0.2) is 60.7 Å². The lowest BCUT2D eigenvalue weighted by Crippen LogP contribution is -2.39. The summed E-state index contributed by atoms with van der Waals surface area (Å²) in [6.07, 6.45) is 7.42. The largest absolute Gasteiger partial charge is 0.0791 e. The van der Waals surface area contributed by atoms with E-state index in [1.54, 1.807) is 11.1 Å². The molecule has 0 fully saturated rings. The van der Waals surface area contributed by atoms with Crippen molar-refractivity contribution in [1.29, 1.82) is 0 Å². The second-order valence-electron chi connectivity index (χ2n) is 8.13. The summed E-state index contributed by atoms with van der Waals surface area (Å²) in [5.74, 6) is 0.590. The molecule has 0 saturated heterocycles. The smallest absolute Gasteiger partial charge is 0.0715 e. The molecule has 2 aromatic rings. The topological polar surface area (TPSA) is 0 Å². The third-order valence-electron chi connectivity index (χ3n) is 5.98. The molecule has 0 aliphatic heterocycles. The van der Waals surface area contributed by atoms with Crippen LogP contribution in [0.25, 0.3) is 11.6 Å². The molecule has 122 valence electrons. The fourth-order valence-electron chi connectivity index (χ4n) is 4.60. The molecule has 2 atom stereocenters. The number of allylic oxidation sites excluding steroid dienone is 3. The Labute approximate surface area is 146 Å². The van der Waals surface area contributed by atoms with Gasteiger partial charge in [-0.25, -0.2) is 0 Å². The molecule has 2 aromatic carbocycles. The van der Waals surface area contributed by atoms with Crippen molar-refractivity contribution < 1.29 is 0 Å². The molecule has 2 unspecified atom stereocenters. The van der Waals surface area contributed by atoms with E-state index >= 15 is 0 Å². The van der Waals surface area contributed by atoms with Crippen LogP contribution < -0.4 is 0 Å². The maximum Gasteiger partial charge on any atom is 0.0715 e. The summed E-state index contributed by atoms with van der Waals surface area (Å²) in [6.45, 7) is 9.80. The first-order valence-corrected chi connectivity index (χ1v) is 12.2. The lowest BCUT2D eigenvalue weighted by Gasteiger charge is -2.35. The highest BCUT2D eigenvalue weighted by atomic mass is 28.3. The number of hydrogen-bond acceptors (Lipinski definition) is 0. The van der Waals surface area contributed by atoms with Crippen molar-refractivity contribution in [3.63, 3.8) is 0 Å². The molecule has 24 heavy (non-hydrogen) atoms. The standard InChI is InChI=1S/C23H26Si/c1-16(2)21-15-23(20-12-8-7-11-19(20)21)24(3,4)22-14-13-17-9-5-6-10-18(17)22/h5-16,22-23H,1-4H3. The number of fused-ring (bicyclic) bond motifs is 2. The number of rotatable bonds is 3. The third-order valence-corrected chi connectivity index (χ3v) is 10.2. The van der Waals surface area contributed by atoms with Crippen LogP contribution >= 0.6 is 0 Å². The van der Waals surface area contributed by atoms with Crippen LogP contribution in [-0.4, -0.2) is 8.07 Å². The van der Waals surface area contributed by atoms with Gasteiger partial charge in [0, 0.05) is 0 Å². The van der Waals surface area contributed by atoms with E-state index in [9.17, 15) is 0 Å². The van der Waals surface area contributed by atoms with Crippen molar-refractivity contribution in [3.8, 4) is 0 Å². The Hall–Kier alpha value is -1.86. The van der Waals surface area contributed by atoms with Crippen molar-refractivity contribution in [2.75, 3.05) is 0 Å². The van der Waals surface area contributed by atoms with Gasteiger partial charge < -0.3 is 0 Å². The molecule has 2 aliphatic rings. The summed E-state index contributed by atoms with van der Waals surface area (Å²) in [6, 6.07) is 18.0. The zero-order valence-corrected chi connectivity index (χ0v) is 16.1. The van der Waals surface area contributed by atoms with Crippen molar-refractivity contribution in [3.05, 3.63) is 82.9 Å². The molecule has 1 heteroatoms. The van der Waals surface area contributed by atoms with E-state index in [0.717, 1.165) is 0 Å². The molecule has 0 bridgehead atoms. The quantitative estimate of drug-likeness (QED) is 0.570. The minimum atomic E-state index is -1.59. The molecule has 0 saturated carbocycles. The van der Waals surface area contributed by atoms with Gasteiger partial charge in [0.05, 0.1) is 8.07 Å². The lowest BCUT2D eigenvalue weighted by atomic mass is 9.97. The second kappa shape index (κ2) is 5.60. The van der Waals surface area contributed by atoms with Gasteiger partial charge in [-0.1, -0.05) is 93.7 Å². The number of hydrogen-bond donors (Lipinski definition) is 0. The van der Waals surface area contributed by atoms with Gasteiger partial charge in [-0.2, -0.15) is 0 Å². The van der Waals surface area contributed by atoms with Gasteiger partial charge in [-0.05, 0) is 44.8 Å². The van der Waals surface area contributed by atoms with Crippen LogP contribution in [-0.2, 0) is 0 Å². The van der Waals surface area contributed by atoms with Gasteiger partial charge in [0.1, 0.15) is 0 Å². The van der Waals surface area contributed by atoms with Crippen LogP contribution in [0.2, 0.25) is 13.1 Å². The van der Waals surface area contributed by atoms with E-state index < -0.39 is 8.07 Å². The zero-order valence-electron chi connectivity index (χ0n) is 15.1. The molecule has 0 nitrogen and oxygen atoms in total. The first-order valence-electron chi connectivity index (χ1n) is 9.08. The first-order chi connectivity index (χ1) is 11.5. The summed E-state index contributed by atoms with van der Waals surface area (Å²) < 4.78 is 0. The molecule has 0 amide bonds. The van der Waals surface area contributed by atoms with Crippen molar-refractivity contribution in [1.82, 2.24) is 0 Å². The Kier molecular flexibility index (Phi) is 3.65. The minimum Gasteiger partial charge on any atom is -0.0791 e. The van der Waals surface area contributed by atoms with Crippen LogP contribution in [0.4, 0.5) is 0 Å². The van der Waals surface area contributed by atoms with E-state index in [-0.39, 0.29) is 0 Å². The van der Waals surface area contributed by atoms with Gasteiger partial charge >= 0.3 is 0 Å². The third kappa shape index (κ3) is 2.26. The lowest BCUT2D eigenvalue weighted by molar-refractivity contribution is 0.857. The van der Waals surface area contributed by atoms with Crippen molar-refractivity contribution in [2.24, 2.45) is 5.92 Å². The molecule has 2 aliphatic carbocycles. The molecule has 0 aromatic heterocycles. The fourth-order valence-corrected chi connectivity index (χ4v) is 8.31. The summed E-state index contributed by atoms with van der Waals surface area (Å²) in [5, 5.41) is 0. The Morgan fingerprint density at radius 3 is 2.25 bits per heavy atom. The van der Waals surface area contributed by atoms with Gasteiger partial charge in [-0.3, -0.25) is 0 Å². The van der Waals surface area contributed by atoms with E-state index in [4.69, 9.17) is 0 Å². The molecule has 0 heterocycles. The van der Waals surface area contributed by atoms with Crippen molar-refractivity contribution in [2.45, 2.75) is 38.0 Å². The van der Waals surface area contributed by atoms with Gasteiger partial charge in [0.15, 0.2) is 0 Å². The summed E-state index contributed by atoms with van der Waals surface area (Å²) in [5.41, 5.74) is 8.78. The number of benzene rings is 2. The van der Waals surface area contributed by atoms with Gasteiger partial charge in [0.2, 0.25) is 0 Å². The molecule has 0 spiro atoms. The van der Waals surface area contributed by atoms with E-state index in [1.807, 2.05) is 0 Å². The normalized spacial score (nSPS) is 21.8. The van der Waals surface area contributed by atoms with Crippen LogP contribution in [0.5, 0.6) is 0 Å². The van der Waals surface area contributed by atoms with Crippen molar-refractivity contribution >= 4 is 19.7 Å². The summed E-state index contributed by atoms with van der Waals surface area (Å²) in [4.78, 5) is 0. The Balaban J connectivity index is 1.80. The average Bonchev–Trinajstić information content (AvgIpc) is 3.17. The SMILES string of the molecule is CC(C)C1=CC([Si](C)(C)C2C=Cc3ccccc32)c2ccccc21. The first kappa shape index (κ1) is 15.7. The van der Waals surface area contributed by atoms with E-state index in [2.05, 4.69) is 93.7 Å². The average molecular weight is 331 g/mol. The molecular weight excluding hydrogens is 304 g/mol. The molecule has 4 rings (SSSR count). The Bertz CT molecular complexity index is 839. The molecule has 0 N–H and O–H groups in total. The maximum absolute atomic E-state index is 2.61. The Morgan fingerprint density at radius 2 is 1.50 bits per heavy atom. The van der Waals surface area contributed by atoms with Crippen LogP contribution in [0.1, 0.15) is 47.2 Å². The maximum atomic E-state index is 2.61. The Morgan fingerprint density at radius 1 is 0.833 bits per heavy atom. The summed E-state index contributed by atoms with van der Waals surface area (Å²) >= 11 is 0. The monoisotopic (exact) mass is 330 g/mol. The predicted octanol–water partition coefficient (Wildman–Crippen LogP) is 6.42. The minimum absolute atomic E-state index is 0.590. The highest BCUT2D eigenvalue weighted by molar-refractivity contribution is 6.81. The highest BCUT2D eigenvalue weighted by Gasteiger charge is 2.43. The van der Waals surface area contributed by atoms with Gasteiger partial charge in [-0.15, -0.1) is 0 Å². The van der Waals surface area contributed by atoms with E-state index in [1.165, 1.54) is 16.7 Å². The van der Waals surface area contributed by atoms with Crippen LogP contribution in [0.3, 0.4) is 0 Å². The molecule has 0 radical (unpaired) electrons. The highest BCUT2D eigenvalue weighted by Crippen LogP contribution is 2.49. The fraction of sp³-hybridized carbons (Fsp3) is 0.304. The van der Waals surface area contributed by atoms with Gasteiger partial charge in [0.25, 0.3) is 0 Å². The zero-order chi connectivity index (χ0) is 16.9. The molecular formula is C23H26Si. The second-order valence-corrected chi connectivity index (χ2v) is 13.0. The van der Waals surface area contributed by atoms with Crippen LogP contribution in [0, 0.1) is 5.92 Å². The predicted molar refractivity (Wildman–Crippen MR) is 108 cm³/mol.